The molecule has 0 aliphatic heterocycles. The molecule has 2 atom stereocenters. The molecule has 0 saturated carbocycles. The summed E-state index contributed by atoms with van der Waals surface area (Å²) >= 11 is 0. The Morgan fingerprint density at radius 3 is 2.50 bits per heavy atom. The first-order valence-corrected chi connectivity index (χ1v) is 5.07. The number of pyridine rings is 1. The van der Waals surface area contributed by atoms with Crippen molar-refractivity contribution in [2.24, 2.45) is 5.92 Å². The molecule has 0 bridgehead atoms. The van der Waals surface area contributed by atoms with Crippen LogP contribution in [0.25, 0.3) is 0 Å². The van der Waals surface area contributed by atoms with Crippen LogP contribution in [0.2, 0.25) is 0 Å². The minimum absolute atomic E-state index is 0.204. The van der Waals surface area contributed by atoms with Crippen LogP contribution in [0.1, 0.15) is 25.5 Å². The van der Waals surface area contributed by atoms with Gasteiger partial charge in [0.1, 0.15) is 11.7 Å². The fraction of sp³-hybridized carbons (Fsp3) is 0.417. The van der Waals surface area contributed by atoms with Gasteiger partial charge in [0.25, 0.3) is 0 Å². The Kier molecular flexibility index (Phi) is 4.17. The number of hydrogen-bond acceptors (Lipinski definition) is 4. The van der Waals surface area contributed by atoms with Crippen molar-refractivity contribution in [1.29, 1.82) is 0 Å². The Bertz CT molecular complexity index is 375. The van der Waals surface area contributed by atoms with Crippen LogP contribution in [0, 0.1) is 5.92 Å². The highest BCUT2D eigenvalue weighted by Gasteiger charge is 2.31. The minimum Gasteiger partial charge on any atom is -0.468 e. The Morgan fingerprint density at radius 2 is 2.06 bits per heavy atom. The Hall–Kier alpha value is -1.71. The normalized spacial score (nSPS) is 13.9. The third-order valence-electron chi connectivity index (χ3n) is 2.55. The van der Waals surface area contributed by atoms with Crippen LogP contribution < -0.4 is 0 Å². The first-order chi connectivity index (χ1) is 7.57. The van der Waals surface area contributed by atoms with Crippen molar-refractivity contribution in [2.45, 2.75) is 19.8 Å². The number of ketones is 1. The van der Waals surface area contributed by atoms with Gasteiger partial charge in [-0.25, -0.2) is 0 Å². The molecule has 0 aliphatic rings. The second-order valence-corrected chi connectivity index (χ2v) is 3.65. The van der Waals surface area contributed by atoms with E-state index in [0.29, 0.717) is 5.69 Å². The quantitative estimate of drug-likeness (QED) is 0.572. The van der Waals surface area contributed by atoms with Gasteiger partial charge in [-0.1, -0.05) is 13.0 Å². The van der Waals surface area contributed by atoms with E-state index in [1.165, 1.54) is 14.0 Å². The molecule has 0 saturated heterocycles. The molecular weight excluding hydrogens is 206 g/mol. The number of rotatable bonds is 4. The molecule has 1 aromatic rings. The fourth-order valence-corrected chi connectivity index (χ4v) is 1.67. The number of ether oxygens (including phenoxy) is 1. The smallest absolute Gasteiger partial charge is 0.316 e. The average Bonchev–Trinajstić information content (AvgIpc) is 2.29. The lowest BCUT2D eigenvalue weighted by molar-refractivity contribution is -0.149. The number of aromatic nitrogens is 1. The van der Waals surface area contributed by atoms with Crippen molar-refractivity contribution in [3.05, 3.63) is 30.1 Å². The topological polar surface area (TPSA) is 56.3 Å². The standard InChI is InChI=1S/C12H15NO3/c1-8(10-6-4-5-7-13-10)11(9(2)14)12(15)16-3/h4-8,11H,1-3H3/t8-,11?/m0/s1. The molecule has 16 heavy (non-hydrogen) atoms. The van der Waals surface area contributed by atoms with Gasteiger partial charge in [-0.2, -0.15) is 0 Å². The zero-order chi connectivity index (χ0) is 12.1. The third-order valence-corrected chi connectivity index (χ3v) is 2.55. The maximum atomic E-state index is 11.5. The number of nitrogens with zero attached hydrogens (tertiary/aromatic N) is 1. The van der Waals surface area contributed by atoms with Gasteiger partial charge < -0.3 is 4.74 Å². The van der Waals surface area contributed by atoms with Crippen LogP contribution in [-0.4, -0.2) is 23.8 Å². The molecule has 0 aliphatic carbocycles. The average molecular weight is 221 g/mol. The predicted octanol–water partition coefficient (Wildman–Crippen LogP) is 1.56. The molecule has 0 radical (unpaired) electrons. The van der Waals surface area contributed by atoms with E-state index in [-0.39, 0.29) is 11.7 Å². The van der Waals surface area contributed by atoms with Gasteiger partial charge in [0.05, 0.1) is 7.11 Å². The lowest BCUT2D eigenvalue weighted by atomic mass is 9.88. The van der Waals surface area contributed by atoms with E-state index >= 15 is 0 Å². The van der Waals surface area contributed by atoms with Crippen LogP contribution in [0.4, 0.5) is 0 Å². The van der Waals surface area contributed by atoms with E-state index in [1.54, 1.807) is 25.3 Å². The summed E-state index contributed by atoms with van der Waals surface area (Å²) in [5.74, 6) is -1.76. The van der Waals surface area contributed by atoms with Gasteiger partial charge >= 0.3 is 5.97 Å². The highest BCUT2D eigenvalue weighted by atomic mass is 16.5. The molecule has 4 heteroatoms. The second-order valence-electron chi connectivity index (χ2n) is 3.65. The molecule has 1 unspecified atom stereocenters. The molecular formula is C12H15NO3. The van der Waals surface area contributed by atoms with E-state index in [9.17, 15) is 9.59 Å². The van der Waals surface area contributed by atoms with Crippen molar-refractivity contribution in [3.8, 4) is 0 Å². The van der Waals surface area contributed by atoms with Gasteiger partial charge in [0.2, 0.25) is 0 Å². The van der Waals surface area contributed by atoms with E-state index in [2.05, 4.69) is 9.72 Å². The van der Waals surface area contributed by atoms with Crippen LogP contribution in [0.5, 0.6) is 0 Å². The number of Topliss-reactive ketones (excluding diaryl/α,β-unsaturated/α-hetero) is 1. The summed E-state index contributed by atoms with van der Waals surface area (Å²) in [5.41, 5.74) is 0.716. The summed E-state index contributed by atoms with van der Waals surface area (Å²) in [6.45, 7) is 3.19. The summed E-state index contributed by atoms with van der Waals surface area (Å²) in [7, 11) is 1.28. The van der Waals surface area contributed by atoms with Gasteiger partial charge in [-0.3, -0.25) is 14.6 Å². The van der Waals surface area contributed by atoms with E-state index in [1.807, 2.05) is 6.07 Å². The summed E-state index contributed by atoms with van der Waals surface area (Å²) in [5, 5.41) is 0. The molecule has 1 aromatic heterocycles. The maximum absolute atomic E-state index is 11.5. The highest BCUT2D eigenvalue weighted by Crippen LogP contribution is 2.24. The molecule has 1 heterocycles. The fourth-order valence-electron chi connectivity index (χ4n) is 1.67. The van der Waals surface area contributed by atoms with E-state index in [4.69, 9.17) is 0 Å². The number of carbonyl (C=O) groups is 2. The summed E-state index contributed by atoms with van der Waals surface area (Å²) in [4.78, 5) is 27.1. The maximum Gasteiger partial charge on any atom is 0.316 e. The van der Waals surface area contributed by atoms with Gasteiger partial charge in [-0.15, -0.1) is 0 Å². The minimum atomic E-state index is -0.778. The lowest BCUT2D eigenvalue weighted by Crippen LogP contribution is -2.28. The van der Waals surface area contributed by atoms with E-state index < -0.39 is 11.9 Å². The van der Waals surface area contributed by atoms with Gasteiger partial charge in [0.15, 0.2) is 0 Å². The molecule has 0 aromatic carbocycles. The third kappa shape index (κ3) is 2.66. The van der Waals surface area contributed by atoms with Crippen LogP contribution in [-0.2, 0) is 14.3 Å². The van der Waals surface area contributed by atoms with Crippen LogP contribution in [0.15, 0.2) is 24.4 Å². The van der Waals surface area contributed by atoms with Crippen LogP contribution >= 0.6 is 0 Å². The predicted molar refractivity (Wildman–Crippen MR) is 58.8 cm³/mol. The molecule has 0 N–H and O–H groups in total. The number of esters is 1. The highest BCUT2D eigenvalue weighted by molar-refractivity contribution is 5.98. The first-order valence-electron chi connectivity index (χ1n) is 5.07. The monoisotopic (exact) mass is 221 g/mol. The summed E-state index contributed by atoms with van der Waals surface area (Å²) in [6, 6.07) is 5.41. The van der Waals surface area contributed by atoms with E-state index in [0.717, 1.165) is 0 Å². The van der Waals surface area contributed by atoms with Gasteiger partial charge in [-0.05, 0) is 19.1 Å². The van der Waals surface area contributed by atoms with Crippen molar-refractivity contribution in [3.63, 3.8) is 0 Å². The molecule has 0 fully saturated rings. The zero-order valence-corrected chi connectivity index (χ0v) is 9.64. The summed E-state index contributed by atoms with van der Waals surface area (Å²) < 4.78 is 4.63. The number of carbonyl (C=O) groups excluding carboxylic acids is 2. The molecule has 0 amide bonds. The zero-order valence-electron chi connectivity index (χ0n) is 9.64. The Labute approximate surface area is 94.6 Å². The SMILES string of the molecule is COC(=O)C(C(C)=O)[C@@H](C)c1ccccn1. The largest absolute Gasteiger partial charge is 0.468 e. The molecule has 1 rings (SSSR count). The number of hydrogen-bond donors (Lipinski definition) is 0. The molecule has 0 spiro atoms. The van der Waals surface area contributed by atoms with Crippen molar-refractivity contribution in [2.75, 3.05) is 7.11 Å². The Balaban J connectivity index is 2.96. The lowest BCUT2D eigenvalue weighted by Gasteiger charge is -2.18. The van der Waals surface area contributed by atoms with Crippen molar-refractivity contribution >= 4 is 11.8 Å². The summed E-state index contributed by atoms with van der Waals surface area (Å²) in [6.07, 6.45) is 1.64. The molecule has 86 valence electrons. The number of methoxy groups -OCH3 is 1. The molecule has 4 nitrogen and oxygen atoms in total. The van der Waals surface area contributed by atoms with Crippen molar-refractivity contribution < 1.29 is 14.3 Å². The Morgan fingerprint density at radius 1 is 1.38 bits per heavy atom. The van der Waals surface area contributed by atoms with Crippen LogP contribution in [0.3, 0.4) is 0 Å². The second kappa shape index (κ2) is 5.39. The van der Waals surface area contributed by atoms with Gasteiger partial charge in [0, 0.05) is 17.8 Å². The van der Waals surface area contributed by atoms with Crippen molar-refractivity contribution in [1.82, 2.24) is 4.98 Å². The first kappa shape index (κ1) is 12.4.